The SMILES string of the molecule is COc1ccc(C(=O)CNCC(=O)O)cc1C. The van der Waals surface area contributed by atoms with Gasteiger partial charge in [0.2, 0.25) is 0 Å². The second kappa shape index (κ2) is 6.00. The Bertz CT molecular complexity index is 429. The van der Waals surface area contributed by atoms with Crippen molar-refractivity contribution in [1.82, 2.24) is 5.32 Å². The predicted octanol–water partition coefficient (Wildman–Crippen LogP) is 0.861. The number of ketones is 1. The summed E-state index contributed by atoms with van der Waals surface area (Å²) >= 11 is 0. The van der Waals surface area contributed by atoms with Crippen LogP contribution in [0.5, 0.6) is 5.75 Å². The summed E-state index contributed by atoms with van der Waals surface area (Å²) in [7, 11) is 1.57. The lowest BCUT2D eigenvalue weighted by atomic mass is 10.1. The maximum Gasteiger partial charge on any atom is 0.317 e. The summed E-state index contributed by atoms with van der Waals surface area (Å²) in [5.74, 6) is -0.402. The zero-order valence-corrected chi connectivity index (χ0v) is 9.82. The Kier molecular flexibility index (Phi) is 4.66. The van der Waals surface area contributed by atoms with Gasteiger partial charge in [0, 0.05) is 5.56 Å². The monoisotopic (exact) mass is 237 g/mol. The number of carboxylic acids is 1. The van der Waals surface area contributed by atoms with Crippen molar-refractivity contribution in [3.8, 4) is 5.75 Å². The lowest BCUT2D eigenvalue weighted by Gasteiger charge is -2.07. The molecule has 0 aliphatic rings. The number of hydrogen-bond donors (Lipinski definition) is 2. The second-order valence-electron chi connectivity index (χ2n) is 3.60. The van der Waals surface area contributed by atoms with Gasteiger partial charge < -0.3 is 9.84 Å². The van der Waals surface area contributed by atoms with Crippen LogP contribution in [0.2, 0.25) is 0 Å². The molecule has 1 aromatic carbocycles. The first-order chi connectivity index (χ1) is 8.04. The Morgan fingerprint density at radius 2 is 2.06 bits per heavy atom. The fourth-order valence-electron chi connectivity index (χ4n) is 1.44. The van der Waals surface area contributed by atoms with Gasteiger partial charge in [-0.3, -0.25) is 14.9 Å². The van der Waals surface area contributed by atoms with E-state index in [1.165, 1.54) is 0 Å². The van der Waals surface area contributed by atoms with E-state index in [4.69, 9.17) is 9.84 Å². The molecule has 0 saturated carbocycles. The standard InChI is InChI=1S/C12H15NO4/c1-8-5-9(3-4-11(8)17-2)10(14)6-13-7-12(15)16/h3-5,13H,6-7H2,1-2H3,(H,15,16). The minimum atomic E-state index is -0.983. The van der Waals surface area contributed by atoms with Crippen molar-refractivity contribution in [3.05, 3.63) is 29.3 Å². The van der Waals surface area contributed by atoms with Crippen molar-refractivity contribution in [2.24, 2.45) is 0 Å². The van der Waals surface area contributed by atoms with E-state index in [2.05, 4.69) is 5.32 Å². The van der Waals surface area contributed by atoms with E-state index in [1.807, 2.05) is 6.92 Å². The third-order valence-corrected chi connectivity index (χ3v) is 2.28. The molecule has 0 spiro atoms. The van der Waals surface area contributed by atoms with E-state index in [9.17, 15) is 9.59 Å². The molecule has 92 valence electrons. The Labute approximate surface area is 99.4 Å². The summed E-state index contributed by atoms with van der Waals surface area (Å²) in [4.78, 5) is 21.9. The van der Waals surface area contributed by atoms with Gasteiger partial charge in [0.05, 0.1) is 20.2 Å². The Morgan fingerprint density at radius 3 is 2.59 bits per heavy atom. The third-order valence-electron chi connectivity index (χ3n) is 2.28. The molecule has 0 fully saturated rings. The first kappa shape index (κ1) is 13.2. The van der Waals surface area contributed by atoms with Crippen LogP contribution in [0.3, 0.4) is 0 Å². The largest absolute Gasteiger partial charge is 0.496 e. The number of benzene rings is 1. The maximum absolute atomic E-state index is 11.7. The van der Waals surface area contributed by atoms with Gasteiger partial charge in [0.1, 0.15) is 5.75 Å². The number of carbonyl (C=O) groups is 2. The summed E-state index contributed by atoms with van der Waals surface area (Å²) in [5, 5.41) is 11.0. The first-order valence-corrected chi connectivity index (χ1v) is 5.15. The minimum Gasteiger partial charge on any atom is -0.496 e. The van der Waals surface area contributed by atoms with E-state index >= 15 is 0 Å². The Morgan fingerprint density at radius 1 is 1.35 bits per heavy atom. The summed E-state index contributed by atoms with van der Waals surface area (Å²) in [6.07, 6.45) is 0. The van der Waals surface area contributed by atoms with Crippen LogP contribution >= 0.6 is 0 Å². The molecular formula is C12H15NO4. The zero-order chi connectivity index (χ0) is 12.8. The maximum atomic E-state index is 11.7. The summed E-state index contributed by atoms with van der Waals surface area (Å²) in [6, 6.07) is 5.11. The number of ether oxygens (including phenoxy) is 1. The first-order valence-electron chi connectivity index (χ1n) is 5.15. The van der Waals surface area contributed by atoms with Crippen LogP contribution in [0, 0.1) is 6.92 Å². The lowest BCUT2D eigenvalue weighted by Crippen LogP contribution is -2.28. The molecule has 0 radical (unpaired) electrons. The van der Waals surface area contributed by atoms with Crippen molar-refractivity contribution in [2.45, 2.75) is 6.92 Å². The fourth-order valence-corrected chi connectivity index (χ4v) is 1.44. The van der Waals surface area contributed by atoms with E-state index in [0.717, 1.165) is 11.3 Å². The molecule has 0 aliphatic heterocycles. The molecular weight excluding hydrogens is 222 g/mol. The average molecular weight is 237 g/mol. The van der Waals surface area contributed by atoms with Gasteiger partial charge >= 0.3 is 5.97 Å². The molecule has 0 unspecified atom stereocenters. The highest BCUT2D eigenvalue weighted by Crippen LogP contribution is 2.18. The fraction of sp³-hybridized carbons (Fsp3) is 0.333. The molecule has 0 heterocycles. The van der Waals surface area contributed by atoms with E-state index in [1.54, 1.807) is 25.3 Å². The quantitative estimate of drug-likeness (QED) is 0.718. The van der Waals surface area contributed by atoms with Crippen LogP contribution in [0.25, 0.3) is 0 Å². The number of rotatable bonds is 6. The average Bonchev–Trinajstić information content (AvgIpc) is 2.28. The van der Waals surface area contributed by atoms with Crippen LogP contribution in [0.15, 0.2) is 18.2 Å². The zero-order valence-electron chi connectivity index (χ0n) is 9.82. The van der Waals surface area contributed by atoms with E-state index < -0.39 is 5.97 Å². The number of methoxy groups -OCH3 is 1. The summed E-state index contributed by atoms with van der Waals surface area (Å²) in [5.41, 5.74) is 1.41. The molecule has 0 bridgehead atoms. The van der Waals surface area contributed by atoms with Gasteiger partial charge in [-0.1, -0.05) is 0 Å². The number of nitrogens with one attached hydrogen (secondary N) is 1. The van der Waals surface area contributed by atoms with E-state index in [0.29, 0.717) is 5.56 Å². The van der Waals surface area contributed by atoms with Gasteiger partial charge in [-0.05, 0) is 30.7 Å². The number of carbonyl (C=O) groups excluding carboxylic acids is 1. The number of carboxylic acid groups (broad SMARTS) is 1. The molecule has 1 rings (SSSR count). The van der Waals surface area contributed by atoms with Crippen LogP contribution in [-0.2, 0) is 4.79 Å². The van der Waals surface area contributed by atoms with Gasteiger partial charge in [0.15, 0.2) is 5.78 Å². The number of aryl methyl sites for hydroxylation is 1. The topological polar surface area (TPSA) is 75.6 Å². The van der Waals surface area contributed by atoms with E-state index in [-0.39, 0.29) is 18.9 Å². The third kappa shape index (κ3) is 3.88. The van der Waals surface area contributed by atoms with Crippen molar-refractivity contribution >= 4 is 11.8 Å². The van der Waals surface area contributed by atoms with Crippen molar-refractivity contribution < 1.29 is 19.4 Å². The smallest absolute Gasteiger partial charge is 0.317 e. The van der Waals surface area contributed by atoms with Crippen molar-refractivity contribution in [3.63, 3.8) is 0 Å². The Hall–Kier alpha value is -1.88. The van der Waals surface area contributed by atoms with Gasteiger partial charge in [-0.15, -0.1) is 0 Å². The highest BCUT2D eigenvalue weighted by Gasteiger charge is 2.08. The summed E-state index contributed by atoms with van der Waals surface area (Å²) < 4.78 is 5.09. The normalized spacial score (nSPS) is 10.0. The number of hydrogen-bond acceptors (Lipinski definition) is 4. The highest BCUT2D eigenvalue weighted by molar-refractivity contribution is 5.98. The second-order valence-corrected chi connectivity index (χ2v) is 3.60. The molecule has 0 saturated heterocycles. The summed E-state index contributed by atoms with van der Waals surface area (Å²) in [6.45, 7) is 1.64. The van der Waals surface area contributed by atoms with Gasteiger partial charge in [-0.2, -0.15) is 0 Å². The van der Waals surface area contributed by atoms with Crippen LogP contribution in [0.4, 0.5) is 0 Å². The molecule has 1 aromatic rings. The highest BCUT2D eigenvalue weighted by atomic mass is 16.5. The molecule has 0 amide bonds. The van der Waals surface area contributed by atoms with Crippen molar-refractivity contribution in [2.75, 3.05) is 20.2 Å². The molecule has 0 aliphatic carbocycles. The predicted molar refractivity (Wildman–Crippen MR) is 62.6 cm³/mol. The number of aliphatic carboxylic acids is 1. The molecule has 5 nitrogen and oxygen atoms in total. The van der Waals surface area contributed by atoms with Gasteiger partial charge in [-0.25, -0.2) is 0 Å². The van der Waals surface area contributed by atoms with Crippen LogP contribution in [-0.4, -0.2) is 37.1 Å². The Balaban J connectivity index is 2.63. The van der Waals surface area contributed by atoms with Crippen LogP contribution in [0.1, 0.15) is 15.9 Å². The number of Topliss-reactive ketones (excluding diaryl/α,β-unsaturated/α-hetero) is 1. The molecule has 0 aromatic heterocycles. The molecule has 5 heteroatoms. The van der Waals surface area contributed by atoms with Gasteiger partial charge in [0.25, 0.3) is 0 Å². The molecule has 2 N–H and O–H groups in total. The van der Waals surface area contributed by atoms with Crippen LogP contribution < -0.4 is 10.1 Å². The minimum absolute atomic E-state index is 0.0120. The molecule has 0 atom stereocenters. The van der Waals surface area contributed by atoms with Crippen molar-refractivity contribution in [1.29, 1.82) is 0 Å². The lowest BCUT2D eigenvalue weighted by molar-refractivity contribution is -0.135. The molecule has 17 heavy (non-hydrogen) atoms.